The predicted molar refractivity (Wildman–Crippen MR) is 93.2 cm³/mol. The first-order chi connectivity index (χ1) is 12.1. The van der Waals surface area contributed by atoms with Crippen LogP contribution in [0.1, 0.15) is 41.4 Å². The van der Waals surface area contributed by atoms with Gasteiger partial charge in [0.2, 0.25) is 0 Å². The van der Waals surface area contributed by atoms with E-state index >= 15 is 0 Å². The Labute approximate surface area is 145 Å². The molecular weight excluding hydrogens is 320 g/mol. The molecule has 1 aromatic carbocycles. The first-order valence-electron chi connectivity index (χ1n) is 8.22. The molecule has 3 aromatic rings. The Hall–Kier alpha value is -2.74. The number of aryl methyl sites for hydroxylation is 2. The molecule has 8 heteroatoms. The number of fused-ring (bicyclic) bond motifs is 1. The second-order valence-corrected chi connectivity index (χ2v) is 5.98. The number of aromatic amines is 1. The quantitative estimate of drug-likeness (QED) is 0.640. The smallest absolute Gasteiger partial charge is 0.251 e. The van der Waals surface area contributed by atoms with Crippen molar-refractivity contribution in [1.29, 1.82) is 0 Å². The molecule has 2 aromatic heterocycles. The molecule has 0 radical (unpaired) electrons. The third-order valence-corrected chi connectivity index (χ3v) is 3.99. The van der Waals surface area contributed by atoms with Gasteiger partial charge in [-0.05, 0) is 38.5 Å². The summed E-state index contributed by atoms with van der Waals surface area (Å²) >= 11 is 0. The fraction of sp³-hybridized carbons (Fsp3) is 0.412. The van der Waals surface area contributed by atoms with Gasteiger partial charge in [0.05, 0.1) is 17.1 Å². The van der Waals surface area contributed by atoms with E-state index in [1.165, 1.54) is 0 Å². The van der Waals surface area contributed by atoms with Gasteiger partial charge in [-0.3, -0.25) is 4.79 Å². The van der Waals surface area contributed by atoms with E-state index < -0.39 is 0 Å². The van der Waals surface area contributed by atoms with Crippen LogP contribution in [0.2, 0.25) is 0 Å². The summed E-state index contributed by atoms with van der Waals surface area (Å²) in [6, 6.07) is 5.16. The summed E-state index contributed by atoms with van der Waals surface area (Å²) in [6.45, 7) is 5.20. The maximum absolute atomic E-state index is 12.5. The molecule has 8 nitrogen and oxygen atoms in total. The fourth-order valence-corrected chi connectivity index (χ4v) is 2.77. The van der Waals surface area contributed by atoms with Gasteiger partial charge in [0.1, 0.15) is 12.2 Å². The fourth-order valence-electron chi connectivity index (χ4n) is 2.77. The molecule has 2 N–H and O–H groups in total. The number of H-pyrrole nitrogens is 1. The number of carbonyl (C=O) groups excluding carboxylic acids is 1. The van der Waals surface area contributed by atoms with E-state index in [-0.39, 0.29) is 11.9 Å². The molecule has 2 heterocycles. The maximum Gasteiger partial charge on any atom is 0.251 e. The lowest BCUT2D eigenvalue weighted by atomic mass is 10.1. The Kier molecular flexibility index (Phi) is 5.08. The summed E-state index contributed by atoms with van der Waals surface area (Å²) in [4.78, 5) is 20.0. The maximum atomic E-state index is 12.5. The number of amides is 1. The SMILES string of the molecule is COCCCn1cnnc1[C@@H](C)NC(=O)c1ccc2nc(C)[nH]c2c1. The van der Waals surface area contributed by atoms with E-state index in [0.717, 1.165) is 35.6 Å². The Bertz CT molecular complexity index is 869. The van der Waals surface area contributed by atoms with Gasteiger partial charge in [0.15, 0.2) is 5.82 Å². The van der Waals surface area contributed by atoms with E-state index in [1.807, 2.05) is 24.5 Å². The van der Waals surface area contributed by atoms with E-state index in [0.29, 0.717) is 12.2 Å². The number of imidazole rings is 1. The van der Waals surface area contributed by atoms with Crippen LogP contribution in [0, 0.1) is 6.92 Å². The number of hydrogen-bond acceptors (Lipinski definition) is 5. The largest absolute Gasteiger partial charge is 0.385 e. The van der Waals surface area contributed by atoms with Crippen molar-refractivity contribution >= 4 is 16.9 Å². The van der Waals surface area contributed by atoms with Crippen LogP contribution in [0.5, 0.6) is 0 Å². The zero-order chi connectivity index (χ0) is 17.8. The number of rotatable bonds is 7. The molecule has 1 amide bonds. The van der Waals surface area contributed by atoms with E-state index in [4.69, 9.17) is 4.74 Å². The molecule has 0 fully saturated rings. The van der Waals surface area contributed by atoms with Crippen molar-refractivity contribution in [2.75, 3.05) is 13.7 Å². The number of hydrogen-bond donors (Lipinski definition) is 2. The highest BCUT2D eigenvalue weighted by atomic mass is 16.5. The van der Waals surface area contributed by atoms with Crippen molar-refractivity contribution in [1.82, 2.24) is 30.0 Å². The second-order valence-electron chi connectivity index (χ2n) is 5.98. The Morgan fingerprint density at radius 1 is 1.44 bits per heavy atom. The molecule has 0 saturated carbocycles. The van der Waals surface area contributed by atoms with Crippen molar-refractivity contribution in [2.45, 2.75) is 32.9 Å². The van der Waals surface area contributed by atoms with Crippen molar-refractivity contribution in [3.63, 3.8) is 0 Å². The van der Waals surface area contributed by atoms with Crippen LogP contribution in [0.25, 0.3) is 11.0 Å². The molecule has 25 heavy (non-hydrogen) atoms. The van der Waals surface area contributed by atoms with Gasteiger partial charge in [-0.2, -0.15) is 0 Å². The second kappa shape index (κ2) is 7.43. The van der Waals surface area contributed by atoms with Gasteiger partial charge in [-0.1, -0.05) is 0 Å². The number of nitrogens with zero attached hydrogens (tertiary/aromatic N) is 4. The highest BCUT2D eigenvalue weighted by Gasteiger charge is 2.17. The highest BCUT2D eigenvalue weighted by molar-refractivity contribution is 5.97. The molecule has 3 rings (SSSR count). The average Bonchev–Trinajstić information content (AvgIpc) is 3.19. The molecule has 0 spiro atoms. The number of nitrogens with one attached hydrogen (secondary N) is 2. The molecule has 0 aliphatic carbocycles. The van der Waals surface area contributed by atoms with Crippen LogP contribution < -0.4 is 5.32 Å². The van der Waals surface area contributed by atoms with Gasteiger partial charge in [0.25, 0.3) is 5.91 Å². The number of aromatic nitrogens is 5. The summed E-state index contributed by atoms with van der Waals surface area (Å²) < 4.78 is 7.00. The first kappa shape index (κ1) is 17.1. The van der Waals surface area contributed by atoms with Crippen LogP contribution in [0.15, 0.2) is 24.5 Å². The van der Waals surface area contributed by atoms with E-state index in [9.17, 15) is 4.79 Å². The predicted octanol–water partition coefficient (Wildman–Crippen LogP) is 1.99. The number of carbonyl (C=O) groups is 1. The van der Waals surface area contributed by atoms with E-state index in [1.54, 1.807) is 25.6 Å². The molecular formula is C17H22N6O2. The van der Waals surface area contributed by atoms with Crippen molar-refractivity contribution in [2.24, 2.45) is 0 Å². The standard InChI is InChI=1S/C17H22N6O2/c1-11(16-22-18-10-23(16)7-4-8-25-3)19-17(24)13-5-6-14-15(9-13)21-12(2)20-14/h5-6,9-11H,4,7-8H2,1-3H3,(H,19,24)(H,20,21)/t11-/m1/s1. The normalized spacial score (nSPS) is 12.4. The van der Waals surface area contributed by atoms with Crippen LogP contribution >= 0.6 is 0 Å². The zero-order valence-electron chi connectivity index (χ0n) is 14.6. The first-order valence-corrected chi connectivity index (χ1v) is 8.22. The Morgan fingerprint density at radius 3 is 3.08 bits per heavy atom. The van der Waals surface area contributed by atoms with Crippen LogP contribution in [0.3, 0.4) is 0 Å². The topological polar surface area (TPSA) is 97.7 Å². The monoisotopic (exact) mass is 342 g/mol. The van der Waals surface area contributed by atoms with Gasteiger partial charge < -0.3 is 19.6 Å². The highest BCUT2D eigenvalue weighted by Crippen LogP contribution is 2.15. The molecule has 0 bridgehead atoms. The summed E-state index contributed by atoms with van der Waals surface area (Å²) in [5.41, 5.74) is 2.27. The van der Waals surface area contributed by atoms with E-state index in [2.05, 4.69) is 25.5 Å². The Balaban J connectivity index is 1.70. The van der Waals surface area contributed by atoms with Gasteiger partial charge in [-0.25, -0.2) is 4.98 Å². The van der Waals surface area contributed by atoms with Gasteiger partial charge in [0, 0.05) is 25.8 Å². The summed E-state index contributed by atoms with van der Waals surface area (Å²) in [7, 11) is 1.67. The summed E-state index contributed by atoms with van der Waals surface area (Å²) in [6.07, 6.45) is 2.53. The van der Waals surface area contributed by atoms with Crippen LogP contribution in [-0.2, 0) is 11.3 Å². The molecule has 0 aliphatic rings. The summed E-state index contributed by atoms with van der Waals surface area (Å²) in [5, 5.41) is 11.1. The average molecular weight is 342 g/mol. The minimum absolute atomic E-state index is 0.159. The molecule has 0 unspecified atom stereocenters. The molecule has 0 aliphatic heterocycles. The minimum atomic E-state index is -0.253. The lowest BCUT2D eigenvalue weighted by Gasteiger charge is -2.15. The number of benzene rings is 1. The zero-order valence-corrected chi connectivity index (χ0v) is 14.6. The summed E-state index contributed by atoms with van der Waals surface area (Å²) in [5.74, 6) is 1.39. The van der Waals surface area contributed by atoms with Crippen LogP contribution in [-0.4, -0.2) is 44.4 Å². The van der Waals surface area contributed by atoms with Crippen molar-refractivity contribution in [3.8, 4) is 0 Å². The molecule has 132 valence electrons. The van der Waals surface area contributed by atoms with Gasteiger partial charge in [-0.15, -0.1) is 10.2 Å². The third kappa shape index (κ3) is 3.85. The molecule has 1 atom stereocenters. The minimum Gasteiger partial charge on any atom is -0.385 e. The number of methoxy groups -OCH3 is 1. The van der Waals surface area contributed by atoms with Gasteiger partial charge >= 0.3 is 0 Å². The van der Waals surface area contributed by atoms with Crippen molar-refractivity contribution in [3.05, 3.63) is 41.7 Å². The molecule has 0 saturated heterocycles. The number of ether oxygens (including phenoxy) is 1. The lowest BCUT2D eigenvalue weighted by molar-refractivity contribution is 0.0937. The Morgan fingerprint density at radius 2 is 2.28 bits per heavy atom. The van der Waals surface area contributed by atoms with Crippen molar-refractivity contribution < 1.29 is 9.53 Å². The third-order valence-electron chi connectivity index (χ3n) is 3.99. The lowest BCUT2D eigenvalue weighted by Crippen LogP contribution is -2.28. The van der Waals surface area contributed by atoms with Crippen LogP contribution in [0.4, 0.5) is 0 Å².